The summed E-state index contributed by atoms with van der Waals surface area (Å²) in [4.78, 5) is 22.2. The van der Waals surface area contributed by atoms with Crippen molar-refractivity contribution in [2.45, 2.75) is 10.9 Å². The summed E-state index contributed by atoms with van der Waals surface area (Å²) in [7, 11) is 0. The Morgan fingerprint density at radius 1 is 1.03 bits per heavy atom. The average molecular weight is 470 g/mol. The minimum atomic E-state index is -0.205. The zero-order valence-electron chi connectivity index (χ0n) is 15.4. The van der Waals surface area contributed by atoms with Crippen molar-refractivity contribution in [3.8, 4) is 5.69 Å². The second-order valence-electron chi connectivity index (χ2n) is 6.57. The van der Waals surface area contributed by atoms with Crippen LogP contribution in [0, 0.1) is 0 Å². The molecular formula is C22H13Cl2N3OS2. The molecule has 0 fully saturated rings. The molecule has 0 saturated heterocycles. The smallest absolute Gasteiger partial charge is 0.266 e. The van der Waals surface area contributed by atoms with E-state index in [2.05, 4.69) is 10.4 Å². The predicted molar refractivity (Wildman–Crippen MR) is 127 cm³/mol. The van der Waals surface area contributed by atoms with E-state index in [1.54, 1.807) is 46.4 Å². The van der Waals surface area contributed by atoms with E-state index in [1.807, 2.05) is 30.3 Å². The standard InChI is InChI=1S/C22H13Cl2N3OS2/c23-14-3-6-16(7-4-14)27-21(28)20-18(2-1-9-25-20)26-22(27)30-12-13-11-29-19-8-5-15(24)10-17(13)19/h1-11H,12H2. The molecule has 0 saturated carbocycles. The zero-order valence-corrected chi connectivity index (χ0v) is 18.5. The van der Waals surface area contributed by atoms with E-state index in [9.17, 15) is 4.79 Å². The molecule has 0 aliphatic heterocycles. The lowest BCUT2D eigenvalue weighted by Crippen LogP contribution is -2.22. The van der Waals surface area contributed by atoms with Gasteiger partial charge in [0.05, 0.1) is 11.2 Å². The quantitative estimate of drug-likeness (QED) is 0.220. The van der Waals surface area contributed by atoms with Crippen LogP contribution in [-0.2, 0) is 5.75 Å². The van der Waals surface area contributed by atoms with Crippen LogP contribution in [0.25, 0.3) is 26.8 Å². The zero-order chi connectivity index (χ0) is 20.7. The van der Waals surface area contributed by atoms with Crippen molar-refractivity contribution in [3.05, 3.63) is 92.1 Å². The van der Waals surface area contributed by atoms with Gasteiger partial charge in [0.1, 0.15) is 0 Å². The van der Waals surface area contributed by atoms with Crippen molar-refractivity contribution >= 4 is 67.4 Å². The fraction of sp³-hybridized carbons (Fsp3) is 0.0455. The van der Waals surface area contributed by atoms with Crippen molar-refractivity contribution < 1.29 is 0 Å². The van der Waals surface area contributed by atoms with Crippen LogP contribution in [0.5, 0.6) is 0 Å². The molecule has 148 valence electrons. The molecule has 0 atom stereocenters. The first-order chi connectivity index (χ1) is 14.6. The number of hydrogen-bond acceptors (Lipinski definition) is 5. The first kappa shape index (κ1) is 19.6. The van der Waals surface area contributed by atoms with Gasteiger partial charge in [0.25, 0.3) is 5.56 Å². The lowest BCUT2D eigenvalue weighted by molar-refractivity contribution is 0.815. The predicted octanol–water partition coefficient (Wildman–Crippen LogP) is 6.59. The Labute approximate surface area is 190 Å². The number of halogens is 2. The van der Waals surface area contributed by atoms with Gasteiger partial charge in [0, 0.05) is 26.7 Å². The highest BCUT2D eigenvalue weighted by atomic mass is 35.5. The van der Waals surface area contributed by atoms with Gasteiger partial charge in [-0.1, -0.05) is 35.0 Å². The maximum atomic E-state index is 13.3. The fourth-order valence-electron chi connectivity index (χ4n) is 3.22. The molecule has 0 aliphatic carbocycles. The van der Waals surface area contributed by atoms with E-state index in [0.29, 0.717) is 37.7 Å². The van der Waals surface area contributed by atoms with Crippen LogP contribution >= 0.6 is 46.3 Å². The molecule has 3 heterocycles. The third-order valence-electron chi connectivity index (χ3n) is 4.66. The van der Waals surface area contributed by atoms with E-state index in [-0.39, 0.29) is 5.56 Å². The Hall–Kier alpha value is -2.38. The maximum Gasteiger partial charge on any atom is 0.285 e. The molecule has 0 unspecified atom stereocenters. The number of aromatic nitrogens is 3. The highest BCUT2D eigenvalue weighted by Gasteiger charge is 2.15. The Balaban J connectivity index is 1.62. The Bertz CT molecular complexity index is 1450. The Morgan fingerprint density at radius 3 is 2.67 bits per heavy atom. The summed E-state index contributed by atoms with van der Waals surface area (Å²) >= 11 is 15.4. The van der Waals surface area contributed by atoms with E-state index >= 15 is 0 Å². The largest absolute Gasteiger partial charge is 0.285 e. The van der Waals surface area contributed by atoms with E-state index in [4.69, 9.17) is 28.2 Å². The first-order valence-corrected chi connectivity index (χ1v) is 11.6. The minimum Gasteiger partial charge on any atom is -0.266 e. The molecule has 4 nitrogen and oxygen atoms in total. The van der Waals surface area contributed by atoms with Crippen LogP contribution in [-0.4, -0.2) is 14.5 Å². The van der Waals surface area contributed by atoms with Crippen LogP contribution in [0.1, 0.15) is 5.56 Å². The summed E-state index contributed by atoms with van der Waals surface area (Å²) in [5, 5.41) is 5.17. The number of benzene rings is 2. The van der Waals surface area contributed by atoms with Gasteiger partial charge in [-0.2, -0.15) is 0 Å². The number of rotatable bonds is 4. The number of fused-ring (bicyclic) bond motifs is 2. The van der Waals surface area contributed by atoms with Gasteiger partial charge in [0.15, 0.2) is 10.7 Å². The van der Waals surface area contributed by atoms with Crippen LogP contribution in [0.4, 0.5) is 0 Å². The topological polar surface area (TPSA) is 47.8 Å². The lowest BCUT2D eigenvalue weighted by Gasteiger charge is -2.13. The fourth-order valence-corrected chi connectivity index (χ4v) is 5.57. The number of hydrogen-bond donors (Lipinski definition) is 0. The molecule has 0 radical (unpaired) electrons. The molecule has 5 aromatic rings. The second kappa shape index (κ2) is 8.04. The van der Waals surface area contributed by atoms with E-state index < -0.39 is 0 Å². The SMILES string of the molecule is O=c1c2ncccc2nc(SCc2csc3ccc(Cl)cc23)n1-c1ccc(Cl)cc1. The molecular weight excluding hydrogens is 457 g/mol. The van der Waals surface area contributed by atoms with Gasteiger partial charge >= 0.3 is 0 Å². The van der Waals surface area contributed by atoms with E-state index in [1.165, 1.54) is 16.5 Å². The van der Waals surface area contributed by atoms with Crippen molar-refractivity contribution in [1.29, 1.82) is 0 Å². The van der Waals surface area contributed by atoms with Gasteiger partial charge < -0.3 is 0 Å². The van der Waals surface area contributed by atoms with Crippen LogP contribution in [0.2, 0.25) is 10.0 Å². The molecule has 0 bridgehead atoms. The van der Waals surface area contributed by atoms with Crippen LogP contribution in [0.15, 0.2) is 76.1 Å². The van der Waals surface area contributed by atoms with E-state index in [0.717, 1.165) is 10.9 Å². The average Bonchev–Trinajstić information content (AvgIpc) is 3.15. The highest BCUT2D eigenvalue weighted by molar-refractivity contribution is 7.98. The summed E-state index contributed by atoms with van der Waals surface area (Å²) in [6, 6.07) is 16.6. The number of nitrogens with zero attached hydrogens (tertiary/aromatic N) is 3. The first-order valence-electron chi connectivity index (χ1n) is 9.02. The minimum absolute atomic E-state index is 0.205. The third kappa shape index (κ3) is 3.61. The van der Waals surface area contributed by atoms with Gasteiger partial charge in [0.2, 0.25) is 0 Å². The summed E-state index contributed by atoms with van der Waals surface area (Å²) in [6.07, 6.45) is 1.60. The lowest BCUT2D eigenvalue weighted by atomic mass is 10.2. The summed E-state index contributed by atoms with van der Waals surface area (Å²) in [5.74, 6) is 0.659. The van der Waals surface area contributed by atoms with Gasteiger partial charge in [-0.25, -0.2) is 9.97 Å². The molecule has 8 heteroatoms. The van der Waals surface area contributed by atoms with Gasteiger partial charge in [-0.15, -0.1) is 11.3 Å². The summed E-state index contributed by atoms with van der Waals surface area (Å²) < 4.78 is 2.78. The molecule has 5 rings (SSSR count). The normalized spacial score (nSPS) is 11.4. The summed E-state index contributed by atoms with van der Waals surface area (Å²) in [6.45, 7) is 0. The molecule has 3 aromatic heterocycles. The van der Waals surface area contributed by atoms with Gasteiger partial charge in [-0.3, -0.25) is 9.36 Å². The molecule has 0 aliphatic rings. The molecule has 30 heavy (non-hydrogen) atoms. The monoisotopic (exact) mass is 469 g/mol. The highest BCUT2D eigenvalue weighted by Crippen LogP contribution is 2.33. The van der Waals surface area contributed by atoms with Crippen LogP contribution < -0.4 is 5.56 Å². The molecule has 0 spiro atoms. The Kier molecular flexibility index (Phi) is 5.25. The van der Waals surface area contributed by atoms with Crippen molar-refractivity contribution in [1.82, 2.24) is 14.5 Å². The molecule has 0 N–H and O–H groups in total. The third-order valence-corrected chi connectivity index (χ3v) is 7.14. The van der Waals surface area contributed by atoms with Gasteiger partial charge in [-0.05, 0) is 70.9 Å². The second-order valence-corrected chi connectivity index (χ2v) is 9.30. The summed E-state index contributed by atoms with van der Waals surface area (Å²) in [5.41, 5.74) is 2.57. The molecule has 2 aromatic carbocycles. The van der Waals surface area contributed by atoms with Crippen LogP contribution in [0.3, 0.4) is 0 Å². The number of pyridine rings is 1. The maximum absolute atomic E-state index is 13.3. The van der Waals surface area contributed by atoms with Crippen molar-refractivity contribution in [2.24, 2.45) is 0 Å². The van der Waals surface area contributed by atoms with Crippen molar-refractivity contribution in [3.63, 3.8) is 0 Å². The number of thioether (sulfide) groups is 1. The number of thiophene rings is 1. The molecule has 0 amide bonds. The van der Waals surface area contributed by atoms with Crippen molar-refractivity contribution in [2.75, 3.05) is 0 Å². The Morgan fingerprint density at radius 2 is 1.83 bits per heavy atom.